The van der Waals surface area contributed by atoms with Crippen LogP contribution >= 0.6 is 12.1 Å². The molecule has 0 aromatic rings. The highest BCUT2D eigenvalue weighted by Crippen LogP contribution is 1.91. The summed E-state index contributed by atoms with van der Waals surface area (Å²) < 4.78 is 9.80. The molecule has 8 heavy (non-hydrogen) atoms. The average Bonchev–Trinajstić information content (AvgIpc) is 1.94. The molecule has 0 aromatic heterocycles. The van der Waals surface area contributed by atoms with Crippen molar-refractivity contribution in [3.05, 3.63) is 0 Å². The molecule has 1 saturated heterocycles. The van der Waals surface area contributed by atoms with E-state index >= 15 is 0 Å². The Morgan fingerprint density at radius 3 is 3.50 bits per heavy atom. The van der Waals surface area contributed by atoms with E-state index in [1.54, 1.807) is 0 Å². The number of hydrogen-bond donors (Lipinski definition) is 2. The zero-order chi connectivity index (χ0) is 5.82. The quantitative estimate of drug-likeness (QED) is 0.453. The second-order valence-corrected chi connectivity index (χ2v) is 1.93. The first-order valence-electron chi connectivity index (χ1n) is 2.21. The molecule has 46 valence electrons. The van der Waals surface area contributed by atoms with Gasteiger partial charge in [0, 0.05) is 18.7 Å². The molecule has 1 rings (SSSR count). The number of carbonyl (C=O) groups is 1. The molecule has 0 aliphatic carbocycles. The fraction of sp³-hybridized carbons (Fsp3) is 0.667. The molecule has 1 aliphatic rings. The fourth-order valence-corrected chi connectivity index (χ4v) is 0.743. The van der Waals surface area contributed by atoms with Gasteiger partial charge in [0.1, 0.15) is 6.61 Å². The SMILES string of the molecule is O=C1NSNCCO1. The van der Waals surface area contributed by atoms with E-state index in [0.717, 1.165) is 12.1 Å². The molecular weight excluding hydrogens is 128 g/mol. The van der Waals surface area contributed by atoms with Crippen LogP contribution in [0, 0.1) is 0 Å². The molecule has 1 aliphatic heterocycles. The van der Waals surface area contributed by atoms with Crippen molar-refractivity contribution in [1.82, 2.24) is 9.44 Å². The van der Waals surface area contributed by atoms with Crippen LogP contribution in [-0.2, 0) is 4.74 Å². The smallest absolute Gasteiger partial charge is 0.418 e. The Morgan fingerprint density at radius 2 is 2.62 bits per heavy atom. The zero-order valence-corrected chi connectivity index (χ0v) is 4.96. The van der Waals surface area contributed by atoms with Crippen molar-refractivity contribution in [2.45, 2.75) is 0 Å². The van der Waals surface area contributed by atoms with Crippen molar-refractivity contribution in [2.24, 2.45) is 0 Å². The molecular formula is C3H6N2O2S. The Hall–Kier alpha value is -0.420. The van der Waals surface area contributed by atoms with Gasteiger partial charge in [-0.05, 0) is 0 Å². The van der Waals surface area contributed by atoms with E-state index in [0.29, 0.717) is 13.2 Å². The normalized spacial score (nSPS) is 20.8. The van der Waals surface area contributed by atoms with Crippen LogP contribution in [0.2, 0.25) is 0 Å². The van der Waals surface area contributed by atoms with E-state index in [1.807, 2.05) is 0 Å². The van der Waals surface area contributed by atoms with Crippen LogP contribution in [0.1, 0.15) is 0 Å². The van der Waals surface area contributed by atoms with Crippen LogP contribution < -0.4 is 9.44 Å². The maximum atomic E-state index is 10.3. The molecule has 0 bridgehead atoms. The molecule has 1 fully saturated rings. The van der Waals surface area contributed by atoms with Gasteiger partial charge in [0.2, 0.25) is 0 Å². The highest BCUT2D eigenvalue weighted by molar-refractivity contribution is 7.96. The first-order valence-corrected chi connectivity index (χ1v) is 3.03. The average molecular weight is 134 g/mol. The highest BCUT2D eigenvalue weighted by atomic mass is 32.2. The maximum Gasteiger partial charge on any atom is 0.418 e. The minimum atomic E-state index is -0.375. The number of ether oxygens (including phenoxy) is 1. The lowest BCUT2D eigenvalue weighted by molar-refractivity contribution is 0.158. The minimum Gasteiger partial charge on any atom is -0.448 e. The fourth-order valence-electron chi connectivity index (χ4n) is 0.344. The second-order valence-electron chi connectivity index (χ2n) is 1.23. The summed E-state index contributed by atoms with van der Waals surface area (Å²) in [6.07, 6.45) is -0.375. The molecule has 0 radical (unpaired) electrons. The van der Waals surface area contributed by atoms with E-state index in [-0.39, 0.29) is 6.09 Å². The molecule has 1 heterocycles. The Morgan fingerprint density at radius 1 is 1.75 bits per heavy atom. The van der Waals surface area contributed by atoms with Crippen molar-refractivity contribution in [2.75, 3.05) is 13.2 Å². The Balaban J connectivity index is 2.27. The van der Waals surface area contributed by atoms with Gasteiger partial charge in [-0.15, -0.1) is 0 Å². The van der Waals surface area contributed by atoms with Gasteiger partial charge in [-0.3, -0.25) is 4.72 Å². The zero-order valence-electron chi connectivity index (χ0n) is 4.14. The number of nitrogens with one attached hydrogen (secondary N) is 2. The monoisotopic (exact) mass is 134 g/mol. The van der Waals surface area contributed by atoms with Crippen molar-refractivity contribution in [3.8, 4) is 0 Å². The van der Waals surface area contributed by atoms with E-state index < -0.39 is 0 Å². The third-order valence-corrected chi connectivity index (χ3v) is 1.26. The Kier molecular flexibility index (Phi) is 1.99. The third-order valence-electron chi connectivity index (χ3n) is 0.644. The number of cyclic esters (lactones) is 1. The minimum absolute atomic E-state index is 0.375. The third kappa shape index (κ3) is 1.59. The molecule has 5 heteroatoms. The lowest BCUT2D eigenvalue weighted by Crippen LogP contribution is -2.15. The van der Waals surface area contributed by atoms with E-state index in [4.69, 9.17) is 0 Å². The van der Waals surface area contributed by atoms with Gasteiger partial charge in [-0.1, -0.05) is 0 Å². The number of carbonyl (C=O) groups excluding carboxylic acids is 1. The van der Waals surface area contributed by atoms with Crippen molar-refractivity contribution >= 4 is 18.2 Å². The maximum absolute atomic E-state index is 10.3. The van der Waals surface area contributed by atoms with Crippen LogP contribution in [0.5, 0.6) is 0 Å². The summed E-state index contributed by atoms with van der Waals surface area (Å²) in [6, 6.07) is 0. The van der Waals surface area contributed by atoms with E-state index in [1.165, 1.54) is 0 Å². The molecule has 0 atom stereocenters. The summed E-state index contributed by atoms with van der Waals surface area (Å²) in [7, 11) is 0. The highest BCUT2D eigenvalue weighted by Gasteiger charge is 2.03. The van der Waals surface area contributed by atoms with Crippen molar-refractivity contribution < 1.29 is 9.53 Å². The van der Waals surface area contributed by atoms with Crippen LogP contribution in [-0.4, -0.2) is 19.2 Å². The largest absolute Gasteiger partial charge is 0.448 e. The number of rotatable bonds is 0. The molecule has 0 unspecified atom stereocenters. The summed E-state index contributed by atoms with van der Waals surface area (Å²) in [4.78, 5) is 10.3. The topological polar surface area (TPSA) is 50.4 Å². The predicted octanol–water partition coefficient (Wildman–Crippen LogP) is -0.121. The number of amides is 1. The van der Waals surface area contributed by atoms with Gasteiger partial charge < -0.3 is 4.74 Å². The molecule has 1 amide bonds. The predicted molar refractivity (Wildman–Crippen MR) is 30.1 cm³/mol. The lowest BCUT2D eigenvalue weighted by atomic mass is 10.7. The van der Waals surface area contributed by atoms with Gasteiger partial charge in [0.25, 0.3) is 0 Å². The second kappa shape index (κ2) is 2.78. The van der Waals surface area contributed by atoms with Crippen LogP contribution in [0.15, 0.2) is 0 Å². The van der Waals surface area contributed by atoms with Gasteiger partial charge in [-0.2, -0.15) is 0 Å². The number of hydrogen-bond acceptors (Lipinski definition) is 4. The van der Waals surface area contributed by atoms with E-state index in [2.05, 4.69) is 14.2 Å². The summed E-state index contributed by atoms with van der Waals surface area (Å²) >= 11 is 1.15. The Bertz CT molecular complexity index is 87.3. The van der Waals surface area contributed by atoms with Gasteiger partial charge in [0.05, 0.1) is 0 Å². The van der Waals surface area contributed by atoms with Gasteiger partial charge >= 0.3 is 6.09 Å². The van der Waals surface area contributed by atoms with Gasteiger partial charge in [-0.25, -0.2) is 9.52 Å². The van der Waals surface area contributed by atoms with E-state index in [9.17, 15) is 4.79 Å². The first-order chi connectivity index (χ1) is 3.89. The Labute approximate surface area is 51.2 Å². The molecule has 0 saturated carbocycles. The summed E-state index contributed by atoms with van der Waals surface area (Å²) in [5.41, 5.74) is 0. The van der Waals surface area contributed by atoms with Crippen LogP contribution in [0.3, 0.4) is 0 Å². The summed E-state index contributed by atoms with van der Waals surface area (Å²) in [5.74, 6) is 0. The van der Waals surface area contributed by atoms with Crippen LogP contribution in [0.25, 0.3) is 0 Å². The molecule has 0 spiro atoms. The van der Waals surface area contributed by atoms with Crippen LogP contribution in [0.4, 0.5) is 4.79 Å². The summed E-state index contributed by atoms with van der Waals surface area (Å²) in [6.45, 7) is 1.14. The summed E-state index contributed by atoms with van der Waals surface area (Å²) in [5, 5.41) is 0. The first kappa shape index (κ1) is 5.71. The molecule has 2 N–H and O–H groups in total. The standard InChI is InChI=1S/C3H6N2O2S/c6-3-5-8-4-1-2-7-3/h4H,1-2H2,(H,5,6). The lowest BCUT2D eigenvalue weighted by Gasteiger charge is -1.93. The van der Waals surface area contributed by atoms with Crippen molar-refractivity contribution in [3.63, 3.8) is 0 Å². The molecule has 4 nitrogen and oxygen atoms in total. The van der Waals surface area contributed by atoms with Crippen molar-refractivity contribution in [1.29, 1.82) is 0 Å². The molecule has 0 aromatic carbocycles. The van der Waals surface area contributed by atoms with Gasteiger partial charge in [0.15, 0.2) is 0 Å².